The summed E-state index contributed by atoms with van der Waals surface area (Å²) in [6, 6.07) is 5.63. The molecule has 144 valence electrons. The molecular formula is C16H11ClF3N7O. The number of hydrogen-bond donors (Lipinski definition) is 2. The average Bonchev–Trinajstić information content (AvgIpc) is 3.26. The van der Waals surface area contributed by atoms with Crippen LogP contribution in [0.4, 0.5) is 13.2 Å². The fourth-order valence-corrected chi connectivity index (χ4v) is 2.96. The Labute approximate surface area is 159 Å². The van der Waals surface area contributed by atoms with Crippen molar-refractivity contribution in [1.82, 2.24) is 35.3 Å². The molecule has 2 N–H and O–H groups in total. The van der Waals surface area contributed by atoms with E-state index in [1.807, 2.05) is 0 Å². The van der Waals surface area contributed by atoms with Crippen LogP contribution in [0, 0.1) is 0 Å². The van der Waals surface area contributed by atoms with Gasteiger partial charge in [-0.25, -0.2) is 0 Å². The highest BCUT2D eigenvalue weighted by Crippen LogP contribution is 2.33. The van der Waals surface area contributed by atoms with Gasteiger partial charge >= 0.3 is 6.18 Å². The van der Waals surface area contributed by atoms with Crippen LogP contribution >= 0.6 is 11.6 Å². The van der Waals surface area contributed by atoms with E-state index in [0.717, 1.165) is 6.07 Å². The molecule has 1 aromatic carbocycles. The molecule has 12 heteroatoms. The molecule has 0 fully saturated rings. The van der Waals surface area contributed by atoms with Gasteiger partial charge in [0, 0.05) is 24.7 Å². The van der Waals surface area contributed by atoms with Crippen molar-refractivity contribution in [1.29, 1.82) is 0 Å². The summed E-state index contributed by atoms with van der Waals surface area (Å²) in [4.78, 5) is 12.3. The fraction of sp³-hybridized carbons (Fsp3) is 0.188. The van der Waals surface area contributed by atoms with Crippen LogP contribution in [-0.4, -0.2) is 42.5 Å². The molecule has 0 spiro atoms. The molecule has 0 saturated heterocycles. The second-order valence-electron chi connectivity index (χ2n) is 5.91. The average molecular weight is 410 g/mol. The predicted octanol–water partition coefficient (Wildman–Crippen LogP) is 2.65. The van der Waals surface area contributed by atoms with E-state index in [2.05, 4.69) is 30.9 Å². The molecule has 0 atom stereocenters. The Morgan fingerprint density at radius 1 is 1.18 bits per heavy atom. The Morgan fingerprint density at radius 3 is 2.75 bits per heavy atom. The quantitative estimate of drug-likeness (QED) is 0.539. The lowest BCUT2D eigenvalue weighted by Crippen LogP contribution is -2.26. The maximum atomic E-state index is 13.1. The number of aromatic amines is 1. The fourth-order valence-electron chi connectivity index (χ4n) is 2.76. The van der Waals surface area contributed by atoms with Gasteiger partial charge in [-0.3, -0.25) is 9.20 Å². The molecule has 0 aliphatic carbocycles. The van der Waals surface area contributed by atoms with E-state index < -0.39 is 11.7 Å². The topological polar surface area (TPSA) is 101 Å². The monoisotopic (exact) mass is 409 g/mol. The number of nitrogens with zero attached hydrogens (tertiary/aromatic N) is 5. The zero-order chi connectivity index (χ0) is 19.9. The second kappa shape index (κ2) is 6.75. The summed E-state index contributed by atoms with van der Waals surface area (Å²) in [5.41, 5.74) is 0.252. The minimum absolute atomic E-state index is 0.0918. The first-order chi connectivity index (χ1) is 13.3. The molecule has 28 heavy (non-hydrogen) atoms. The molecule has 8 nitrogen and oxygen atoms in total. The van der Waals surface area contributed by atoms with E-state index in [9.17, 15) is 18.0 Å². The van der Waals surface area contributed by atoms with Gasteiger partial charge in [-0.05, 0) is 24.3 Å². The largest absolute Gasteiger partial charge is 0.420 e. The second-order valence-corrected chi connectivity index (χ2v) is 6.35. The number of pyridine rings is 1. The number of amides is 1. The van der Waals surface area contributed by atoms with Crippen LogP contribution in [0.25, 0.3) is 16.7 Å². The van der Waals surface area contributed by atoms with Crippen molar-refractivity contribution >= 4 is 34.2 Å². The number of carbonyl (C=O) groups excluding carboxylic acids is 1. The Kier molecular flexibility index (Phi) is 4.38. The molecule has 0 saturated carbocycles. The standard InChI is InChI=1S/C16H11ClF3N7O/c17-9-6-10(16(18,19)20)14-25-24-13(27(14)7-9)3-4-21-15(28)8-1-2-11-12(5-8)23-26-22-11/h1-2,5-7H,3-4H2,(H,21,28)(H,22,23,26). The lowest BCUT2D eigenvalue weighted by atomic mass is 10.2. The molecule has 4 aromatic rings. The summed E-state index contributed by atoms with van der Waals surface area (Å²) >= 11 is 5.80. The number of fused-ring (bicyclic) bond motifs is 2. The maximum absolute atomic E-state index is 13.1. The van der Waals surface area contributed by atoms with Gasteiger partial charge in [0.05, 0.1) is 5.02 Å². The molecule has 3 aromatic heterocycles. The lowest BCUT2D eigenvalue weighted by molar-refractivity contribution is -0.136. The third kappa shape index (κ3) is 3.36. The molecule has 0 unspecified atom stereocenters. The maximum Gasteiger partial charge on any atom is 0.420 e. The highest BCUT2D eigenvalue weighted by molar-refractivity contribution is 6.30. The number of benzene rings is 1. The van der Waals surface area contributed by atoms with Crippen molar-refractivity contribution in [3.8, 4) is 0 Å². The van der Waals surface area contributed by atoms with Gasteiger partial charge in [-0.1, -0.05) is 11.6 Å². The molecule has 0 aliphatic heterocycles. The summed E-state index contributed by atoms with van der Waals surface area (Å²) in [6.07, 6.45) is -3.14. The number of carbonyl (C=O) groups is 1. The molecule has 0 aliphatic rings. The van der Waals surface area contributed by atoms with Crippen LogP contribution in [0.15, 0.2) is 30.5 Å². The highest BCUT2D eigenvalue weighted by Gasteiger charge is 2.35. The SMILES string of the molecule is O=C(NCCc1nnc2c(C(F)(F)F)cc(Cl)cn12)c1ccc2n[nH]nc2c1. The predicted molar refractivity (Wildman–Crippen MR) is 92.9 cm³/mol. The third-order valence-electron chi connectivity index (χ3n) is 4.06. The van der Waals surface area contributed by atoms with Crippen molar-refractivity contribution in [2.45, 2.75) is 12.6 Å². The van der Waals surface area contributed by atoms with Gasteiger partial charge in [0.15, 0.2) is 5.65 Å². The van der Waals surface area contributed by atoms with Crippen LogP contribution in [-0.2, 0) is 12.6 Å². The first-order valence-corrected chi connectivity index (χ1v) is 8.40. The number of halogens is 4. The van der Waals surface area contributed by atoms with Gasteiger partial charge < -0.3 is 5.32 Å². The summed E-state index contributed by atoms with van der Waals surface area (Å²) in [6.45, 7) is 0.143. The van der Waals surface area contributed by atoms with Gasteiger partial charge in [0.1, 0.15) is 22.4 Å². The molecule has 0 radical (unpaired) electrons. The lowest BCUT2D eigenvalue weighted by Gasteiger charge is -2.09. The number of rotatable bonds is 4. The van der Waals surface area contributed by atoms with E-state index in [1.54, 1.807) is 18.2 Å². The summed E-state index contributed by atoms with van der Waals surface area (Å²) in [5, 5.41) is 20.3. The number of nitrogens with one attached hydrogen (secondary N) is 2. The Hall–Kier alpha value is -3.21. The van der Waals surface area contributed by atoms with Crippen molar-refractivity contribution in [2.75, 3.05) is 6.54 Å². The van der Waals surface area contributed by atoms with Crippen LogP contribution in [0.2, 0.25) is 5.02 Å². The van der Waals surface area contributed by atoms with Gasteiger partial charge in [-0.15, -0.1) is 10.2 Å². The molecule has 3 heterocycles. The molecule has 1 amide bonds. The zero-order valence-corrected chi connectivity index (χ0v) is 14.7. The summed E-state index contributed by atoms with van der Waals surface area (Å²) in [7, 11) is 0. The van der Waals surface area contributed by atoms with Gasteiger partial charge in [-0.2, -0.15) is 28.6 Å². The van der Waals surface area contributed by atoms with Crippen molar-refractivity contribution in [3.05, 3.63) is 52.4 Å². The molecule has 4 rings (SSSR count). The van der Waals surface area contributed by atoms with E-state index >= 15 is 0 Å². The van der Waals surface area contributed by atoms with Gasteiger partial charge in [0.25, 0.3) is 5.91 Å². The van der Waals surface area contributed by atoms with E-state index in [1.165, 1.54) is 10.6 Å². The number of aromatic nitrogens is 6. The minimum atomic E-state index is -4.61. The van der Waals surface area contributed by atoms with Crippen molar-refractivity contribution in [3.63, 3.8) is 0 Å². The first kappa shape index (κ1) is 18.2. The van der Waals surface area contributed by atoms with Gasteiger partial charge in [0.2, 0.25) is 0 Å². The van der Waals surface area contributed by atoms with Crippen LogP contribution in [0.1, 0.15) is 21.7 Å². The van der Waals surface area contributed by atoms with Crippen LogP contribution in [0.3, 0.4) is 0 Å². The minimum Gasteiger partial charge on any atom is -0.352 e. The van der Waals surface area contributed by atoms with Crippen LogP contribution in [0.5, 0.6) is 0 Å². The van der Waals surface area contributed by atoms with Crippen molar-refractivity contribution < 1.29 is 18.0 Å². The van der Waals surface area contributed by atoms with E-state index in [-0.39, 0.29) is 35.4 Å². The van der Waals surface area contributed by atoms with E-state index in [4.69, 9.17) is 11.6 Å². The number of hydrogen-bond acceptors (Lipinski definition) is 5. The number of alkyl halides is 3. The summed E-state index contributed by atoms with van der Waals surface area (Å²) < 4.78 is 40.6. The molecular weight excluding hydrogens is 399 g/mol. The smallest absolute Gasteiger partial charge is 0.352 e. The van der Waals surface area contributed by atoms with E-state index in [0.29, 0.717) is 16.6 Å². The highest BCUT2D eigenvalue weighted by atomic mass is 35.5. The Bertz CT molecular complexity index is 1180. The Balaban J connectivity index is 1.50. The van der Waals surface area contributed by atoms with Crippen LogP contribution < -0.4 is 5.32 Å². The first-order valence-electron chi connectivity index (χ1n) is 8.02. The Morgan fingerprint density at radius 2 is 1.96 bits per heavy atom. The zero-order valence-electron chi connectivity index (χ0n) is 14.0. The molecule has 0 bridgehead atoms. The summed E-state index contributed by atoms with van der Waals surface area (Å²) in [5.74, 6) is -0.108. The van der Waals surface area contributed by atoms with Crippen molar-refractivity contribution in [2.24, 2.45) is 0 Å². The normalized spacial score (nSPS) is 12.0. The number of H-pyrrole nitrogens is 1. The third-order valence-corrected chi connectivity index (χ3v) is 4.27.